The average molecular weight is 110 g/mol. The summed E-state index contributed by atoms with van der Waals surface area (Å²) in [6.45, 7) is 0. The molecule has 1 aromatic rings. The number of rotatable bonds is 1. The van der Waals surface area contributed by atoms with Gasteiger partial charge < -0.3 is 0 Å². The average Bonchev–Trinajstić information content (AvgIpc) is 2.19. The van der Waals surface area contributed by atoms with Crippen LogP contribution in [0.25, 0.3) is 0 Å². The van der Waals surface area contributed by atoms with Gasteiger partial charge >= 0.3 is 0 Å². The maximum atomic E-state index is 3.70. The van der Waals surface area contributed by atoms with Gasteiger partial charge in [0, 0.05) is 13.2 Å². The van der Waals surface area contributed by atoms with Crippen molar-refractivity contribution in [2.24, 2.45) is 10.2 Å². The van der Waals surface area contributed by atoms with E-state index >= 15 is 0 Å². The lowest BCUT2D eigenvalue weighted by atomic mass is 10.6. The first-order valence-electron chi connectivity index (χ1n) is 2.22. The first kappa shape index (κ1) is 4.96. The van der Waals surface area contributed by atoms with E-state index in [1.54, 1.807) is 19.4 Å². The Hall–Kier alpha value is -1.19. The number of aromatic amines is 1. The second-order valence-electron chi connectivity index (χ2n) is 1.26. The van der Waals surface area contributed by atoms with E-state index in [2.05, 4.69) is 20.4 Å². The van der Waals surface area contributed by atoms with Crippen LogP contribution in [-0.2, 0) is 0 Å². The molecular formula is C4H6N4. The number of H-pyrrole nitrogens is 1. The van der Waals surface area contributed by atoms with Crippen LogP contribution in [0, 0.1) is 0 Å². The predicted molar refractivity (Wildman–Crippen MR) is 29.0 cm³/mol. The standard InChI is InChI=1S/C4H6N4/c1-5-8-4-2-6-7-3-4/h2-3H,1H3,(H,6,7). The summed E-state index contributed by atoms with van der Waals surface area (Å²) in [5, 5.41) is 13.5. The van der Waals surface area contributed by atoms with Crippen molar-refractivity contribution >= 4 is 5.69 Å². The molecule has 1 rings (SSSR count). The van der Waals surface area contributed by atoms with E-state index in [-0.39, 0.29) is 0 Å². The van der Waals surface area contributed by atoms with E-state index in [0.717, 1.165) is 5.69 Å². The minimum absolute atomic E-state index is 0.757. The second-order valence-corrected chi connectivity index (χ2v) is 1.26. The summed E-state index contributed by atoms with van der Waals surface area (Å²) >= 11 is 0. The molecule has 4 nitrogen and oxygen atoms in total. The van der Waals surface area contributed by atoms with Gasteiger partial charge in [-0.2, -0.15) is 15.3 Å². The van der Waals surface area contributed by atoms with Gasteiger partial charge in [0.25, 0.3) is 0 Å². The molecule has 4 heteroatoms. The number of hydrogen-bond donors (Lipinski definition) is 1. The summed E-state index contributed by atoms with van der Waals surface area (Å²) in [5.41, 5.74) is 0.757. The highest BCUT2D eigenvalue weighted by Gasteiger charge is 1.83. The highest BCUT2D eigenvalue weighted by molar-refractivity contribution is 5.27. The van der Waals surface area contributed by atoms with Gasteiger partial charge in [0.2, 0.25) is 0 Å². The number of nitrogens with one attached hydrogen (secondary N) is 1. The Morgan fingerprint density at radius 3 is 3.12 bits per heavy atom. The summed E-state index contributed by atoms with van der Waals surface area (Å²) < 4.78 is 0. The Balaban J connectivity index is 2.77. The quantitative estimate of drug-likeness (QED) is 0.541. The summed E-state index contributed by atoms with van der Waals surface area (Å²) in [7, 11) is 1.62. The number of aromatic nitrogens is 2. The second kappa shape index (κ2) is 2.20. The number of azo groups is 1. The normalized spacial score (nSPS) is 10.6. The molecule has 0 fully saturated rings. The molecule has 0 aromatic carbocycles. The molecule has 0 atom stereocenters. The Kier molecular flexibility index (Phi) is 1.37. The van der Waals surface area contributed by atoms with Gasteiger partial charge in [0.1, 0.15) is 5.69 Å². The van der Waals surface area contributed by atoms with E-state index < -0.39 is 0 Å². The van der Waals surface area contributed by atoms with E-state index in [0.29, 0.717) is 0 Å². The van der Waals surface area contributed by atoms with E-state index in [1.165, 1.54) is 0 Å². The van der Waals surface area contributed by atoms with Gasteiger partial charge in [-0.05, 0) is 0 Å². The highest BCUT2D eigenvalue weighted by Crippen LogP contribution is 2.05. The van der Waals surface area contributed by atoms with Crippen LogP contribution in [0.15, 0.2) is 22.6 Å². The monoisotopic (exact) mass is 110 g/mol. The van der Waals surface area contributed by atoms with Crippen LogP contribution in [0.1, 0.15) is 0 Å². The third-order valence-electron chi connectivity index (χ3n) is 0.699. The minimum atomic E-state index is 0.757. The number of nitrogens with zero attached hydrogens (tertiary/aromatic N) is 3. The molecule has 0 unspecified atom stereocenters. The van der Waals surface area contributed by atoms with Crippen LogP contribution < -0.4 is 0 Å². The zero-order chi connectivity index (χ0) is 5.82. The fourth-order valence-electron chi connectivity index (χ4n) is 0.414. The van der Waals surface area contributed by atoms with Crippen LogP contribution in [-0.4, -0.2) is 17.2 Å². The molecule has 0 radical (unpaired) electrons. The molecule has 1 N–H and O–H groups in total. The lowest BCUT2D eigenvalue weighted by Gasteiger charge is -1.72. The van der Waals surface area contributed by atoms with Crippen LogP contribution >= 0.6 is 0 Å². The topological polar surface area (TPSA) is 53.4 Å². The maximum absolute atomic E-state index is 3.70. The molecule has 0 spiro atoms. The van der Waals surface area contributed by atoms with Gasteiger partial charge in [-0.1, -0.05) is 0 Å². The molecule has 0 saturated heterocycles. The van der Waals surface area contributed by atoms with Crippen molar-refractivity contribution < 1.29 is 0 Å². The molecule has 8 heavy (non-hydrogen) atoms. The smallest absolute Gasteiger partial charge is 0.123 e. The van der Waals surface area contributed by atoms with Crippen molar-refractivity contribution in [3.8, 4) is 0 Å². The molecule has 0 saturated carbocycles. The van der Waals surface area contributed by atoms with Crippen LogP contribution in [0.2, 0.25) is 0 Å². The molecule has 1 aromatic heterocycles. The Morgan fingerprint density at radius 2 is 2.62 bits per heavy atom. The maximum Gasteiger partial charge on any atom is 0.123 e. The van der Waals surface area contributed by atoms with Crippen LogP contribution in [0.3, 0.4) is 0 Å². The van der Waals surface area contributed by atoms with Crippen molar-refractivity contribution in [3.05, 3.63) is 12.4 Å². The highest BCUT2D eigenvalue weighted by atomic mass is 15.2. The SMILES string of the molecule is CN=Nc1cn[nH]c1. The largest absolute Gasteiger partial charge is 0.283 e. The van der Waals surface area contributed by atoms with E-state index in [4.69, 9.17) is 0 Å². The van der Waals surface area contributed by atoms with Crippen LogP contribution in [0.5, 0.6) is 0 Å². The molecule has 0 amide bonds. The lowest BCUT2D eigenvalue weighted by Crippen LogP contribution is -1.53. The van der Waals surface area contributed by atoms with Crippen molar-refractivity contribution in [3.63, 3.8) is 0 Å². The first-order chi connectivity index (χ1) is 3.93. The fraction of sp³-hybridized carbons (Fsp3) is 0.250. The summed E-state index contributed by atoms with van der Waals surface area (Å²) in [6.07, 6.45) is 3.28. The summed E-state index contributed by atoms with van der Waals surface area (Å²) in [6, 6.07) is 0. The van der Waals surface area contributed by atoms with Gasteiger partial charge in [-0.15, -0.1) is 0 Å². The van der Waals surface area contributed by atoms with Gasteiger partial charge in [0.05, 0.1) is 6.20 Å². The van der Waals surface area contributed by atoms with Crippen molar-refractivity contribution in [1.29, 1.82) is 0 Å². The zero-order valence-corrected chi connectivity index (χ0v) is 4.50. The minimum Gasteiger partial charge on any atom is -0.283 e. The molecular weight excluding hydrogens is 104 g/mol. The molecule has 42 valence electrons. The first-order valence-corrected chi connectivity index (χ1v) is 2.22. The van der Waals surface area contributed by atoms with Crippen molar-refractivity contribution in [2.75, 3.05) is 7.05 Å². The molecule has 0 aliphatic rings. The molecule has 0 aliphatic carbocycles. The van der Waals surface area contributed by atoms with Gasteiger partial charge in [0.15, 0.2) is 0 Å². The van der Waals surface area contributed by atoms with E-state index in [9.17, 15) is 0 Å². The Morgan fingerprint density at radius 1 is 1.75 bits per heavy atom. The molecule has 1 heterocycles. The van der Waals surface area contributed by atoms with Crippen LogP contribution in [0.4, 0.5) is 5.69 Å². The third kappa shape index (κ3) is 0.900. The fourth-order valence-corrected chi connectivity index (χ4v) is 0.414. The van der Waals surface area contributed by atoms with Crippen molar-refractivity contribution in [2.45, 2.75) is 0 Å². The van der Waals surface area contributed by atoms with Gasteiger partial charge in [-0.25, -0.2) is 0 Å². The summed E-state index contributed by atoms with van der Waals surface area (Å²) in [5.74, 6) is 0. The predicted octanol–water partition coefficient (Wildman–Crippen LogP) is 1.12. The molecule has 0 aliphatic heterocycles. The lowest BCUT2D eigenvalue weighted by molar-refractivity contribution is 1.09. The van der Waals surface area contributed by atoms with E-state index in [1.807, 2.05) is 0 Å². The number of hydrogen-bond acceptors (Lipinski definition) is 3. The molecule has 0 bridgehead atoms. The zero-order valence-electron chi connectivity index (χ0n) is 4.50. The van der Waals surface area contributed by atoms with Gasteiger partial charge in [-0.3, -0.25) is 5.10 Å². The summed E-state index contributed by atoms with van der Waals surface area (Å²) in [4.78, 5) is 0. The Labute approximate surface area is 46.6 Å². The third-order valence-corrected chi connectivity index (χ3v) is 0.699. The Bertz CT molecular complexity index is 164. The van der Waals surface area contributed by atoms with Crippen molar-refractivity contribution in [1.82, 2.24) is 10.2 Å².